The highest BCUT2D eigenvalue weighted by molar-refractivity contribution is 6.72. The fourth-order valence-electron chi connectivity index (χ4n) is 8.34. The lowest BCUT2D eigenvalue weighted by Crippen LogP contribution is -2.48. The Kier molecular flexibility index (Phi) is 8.38. The van der Waals surface area contributed by atoms with Gasteiger partial charge < -0.3 is 28.5 Å². The number of hydrogen-bond donors (Lipinski definition) is 1. The number of halogens is 2. The lowest BCUT2D eigenvalue weighted by atomic mass is 9.82. The summed E-state index contributed by atoms with van der Waals surface area (Å²) >= 11 is 6.53. The van der Waals surface area contributed by atoms with E-state index in [1.54, 1.807) is 46.0 Å². The summed E-state index contributed by atoms with van der Waals surface area (Å²) in [6.45, 7) is 6.13. The first-order valence-electron chi connectivity index (χ1n) is 16.4. The number of amides is 3. The van der Waals surface area contributed by atoms with Gasteiger partial charge in [-0.25, -0.2) is 4.79 Å². The van der Waals surface area contributed by atoms with Gasteiger partial charge in [-0.2, -0.15) is 0 Å². The van der Waals surface area contributed by atoms with E-state index in [0.29, 0.717) is 48.1 Å². The Bertz CT molecular complexity index is 1790. The van der Waals surface area contributed by atoms with Crippen LogP contribution in [0.15, 0.2) is 66.7 Å². The molecule has 1 N–H and O–H groups in total. The molecule has 48 heavy (non-hydrogen) atoms. The van der Waals surface area contributed by atoms with Gasteiger partial charge in [0.05, 0.1) is 44.0 Å². The minimum absolute atomic E-state index is 0.118. The molecule has 3 amide bonds. The molecule has 4 aliphatic heterocycles. The van der Waals surface area contributed by atoms with Crippen molar-refractivity contribution < 1.29 is 33.1 Å². The van der Waals surface area contributed by atoms with Gasteiger partial charge >= 0.3 is 6.09 Å². The number of fused-ring (bicyclic) bond motifs is 3. The molecule has 2 fully saturated rings. The van der Waals surface area contributed by atoms with Crippen LogP contribution in [0.4, 0.5) is 20.3 Å². The summed E-state index contributed by atoms with van der Waals surface area (Å²) in [7, 11) is -3.53. The lowest BCUT2D eigenvalue weighted by Gasteiger charge is -2.37. The van der Waals surface area contributed by atoms with Crippen LogP contribution in [0.1, 0.15) is 35.6 Å². The largest absolute Gasteiger partial charge is 0.447 e. The number of carbonyl (C=O) groups is 3. The Morgan fingerprint density at radius 2 is 1.85 bits per heavy atom. The smallest absolute Gasteiger partial charge is 0.414 e. The number of benzene rings is 3. The number of ether oxygens (including phenoxy) is 2. The van der Waals surface area contributed by atoms with E-state index in [9.17, 15) is 19.5 Å². The van der Waals surface area contributed by atoms with Crippen molar-refractivity contribution >= 4 is 49.3 Å². The first kappa shape index (κ1) is 32.8. The highest BCUT2D eigenvalue weighted by Gasteiger charge is 2.67. The van der Waals surface area contributed by atoms with E-state index in [1.807, 2.05) is 55.5 Å². The van der Waals surface area contributed by atoms with Gasteiger partial charge in [0.15, 0.2) is 5.60 Å². The molecule has 7 rings (SSSR count). The van der Waals surface area contributed by atoms with E-state index in [1.165, 1.54) is 0 Å². The van der Waals surface area contributed by atoms with Gasteiger partial charge in [0.25, 0.3) is 5.91 Å². The molecule has 252 valence electrons. The zero-order valence-corrected chi connectivity index (χ0v) is 29.0. The predicted octanol–water partition coefficient (Wildman–Crippen LogP) is 5.95. The van der Waals surface area contributed by atoms with Crippen LogP contribution in [-0.4, -0.2) is 68.2 Å². The number of anilines is 2. The molecular formula is C36H39ClFN3O6Si. The molecule has 0 radical (unpaired) electrons. The molecule has 1 spiro atoms. The highest BCUT2D eigenvalue weighted by Crippen LogP contribution is 2.60. The summed E-state index contributed by atoms with van der Waals surface area (Å²) in [5.74, 6) is -1.18. The normalized spacial score (nSPS) is 26.7. The molecule has 0 saturated carbocycles. The van der Waals surface area contributed by atoms with Crippen LogP contribution in [0.3, 0.4) is 0 Å². The molecule has 0 unspecified atom stereocenters. The van der Waals surface area contributed by atoms with Crippen LogP contribution >= 0.6 is 11.6 Å². The van der Waals surface area contributed by atoms with Crippen molar-refractivity contribution in [1.29, 1.82) is 0 Å². The minimum Gasteiger partial charge on any atom is -0.447 e. The van der Waals surface area contributed by atoms with Crippen molar-refractivity contribution in [3.05, 3.63) is 94.0 Å². The number of aliphatic hydroxyl groups excluding tert-OH is 1. The van der Waals surface area contributed by atoms with E-state index >= 15 is 4.11 Å². The van der Waals surface area contributed by atoms with Gasteiger partial charge in [0.1, 0.15) is 6.61 Å². The number of cyclic esters (lactones) is 1. The standard InChI is InChI=1S/C36H39ClFN3O6Si/c1-22-33(48(2,3)38)31(18-32(43)40-20-25-9-5-4-8-24(25)16-28(40)21-42)47-36(22)29-17-26(37)11-12-30(29)41(34(36)44)19-23-7-6-10-27(15-23)39-13-14-46-35(39)45/h4-12,15,17,22,28,31,33,42H,13-14,16,18-21H2,1-3H3/t22-,28+,31+,33-,36+/m1/s1. The van der Waals surface area contributed by atoms with Crippen LogP contribution in [0, 0.1) is 5.92 Å². The van der Waals surface area contributed by atoms with Gasteiger partial charge in [-0.3, -0.25) is 14.5 Å². The Morgan fingerprint density at radius 3 is 2.56 bits per heavy atom. The third-order valence-corrected chi connectivity index (χ3v) is 13.2. The van der Waals surface area contributed by atoms with E-state index in [-0.39, 0.29) is 31.4 Å². The molecule has 5 atom stereocenters. The number of aliphatic hydroxyl groups is 1. The van der Waals surface area contributed by atoms with Crippen molar-refractivity contribution in [3.63, 3.8) is 0 Å². The van der Waals surface area contributed by atoms with E-state index in [0.717, 1.165) is 16.7 Å². The van der Waals surface area contributed by atoms with Gasteiger partial charge in [-0.1, -0.05) is 54.9 Å². The Hall–Kier alpha value is -3.77. The van der Waals surface area contributed by atoms with Gasteiger partial charge in [0.2, 0.25) is 14.3 Å². The summed E-state index contributed by atoms with van der Waals surface area (Å²) in [6.07, 6.45) is -0.875. The average Bonchev–Trinajstić information content (AvgIpc) is 3.69. The topological polar surface area (TPSA) is 99.6 Å². The predicted molar refractivity (Wildman–Crippen MR) is 182 cm³/mol. The molecule has 4 aliphatic rings. The van der Waals surface area contributed by atoms with Crippen molar-refractivity contribution in [2.75, 3.05) is 29.6 Å². The van der Waals surface area contributed by atoms with E-state index < -0.39 is 43.7 Å². The molecule has 0 aromatic heterocycles. The SMILES string of the molecule is C[C@@H]1[C@@H]([Si](C)(C)F)[C@H](CC(=O)N2Cc3ccccc3C[C@H]2CO)O[C@@]12C(=O)N(Cc1cccc(N3CCOC3=O)c1)c1ccc(Cl)cc12. The molecule has 4 heterocycles. The Morgan fingerprint density at radius 1 is 1.08 bits per heavy atom. The molecule has 12 heteroatoms. The minimum atomic E-state index is -3.53. The number of rotatable bonds is 7. The first-order chi connectivity index (χ1) is 22.9. The third-order valence-electron chi connectivity index (χ3n) is 10.5. The average molecular weight is 692 g/mol. The number of hydrogen-bond acceptors (Lipinski definition) is 6. The molecule has 3 aromatic carbocycles. The Balaban J connectivity index is 1.22. The maximum absolute atomic E-state index is 16.4. The van der Waals surface area contributed by atoms with Crippen LogP contribution in [0.25, 0.3) is 0 Å². The molecule has 2 saturated heterocycles. The highest BCUT2D eigenvalue weighted by atomic mass is 35.5. The lowest BCUT2D eigenvalue weighted by molar-refractivity contribution is -0.151. The van der Waals surface area contributed by atoms with Crippen molar-refractivity contribution in [2.24, 2.45) is 5.92 Å². The first-order valence-corrected chi connectivity index (χ1v) is 19.7. The fraction of sp³-hybridized carbons (Fsp3) is 0.417. The third kappa shape index (κ3) is 5.41. The zero-order chi connectivity index (χ0) is 34.0. The van der Waals surface area contributed by atoms with E-state index in [2.05, 4.69) is 0 Å². The van der Waals surface area contributed by atoms with Crippen molar-refractivity contribution in [3.8, 4) is 0 Å². The summed E-state index contributed by atoms with van der Waals surface area (Å²) in [6, 6.07) is 20.1. The number of carbonyl (C=O) groups excluding carboxylic acids is 3. The summed E-state index contributed by atoms with van der Waals surface area (Å²) in [5, 5.41) is 10.6. The second-order valence-electron chi connectivity index (χ2n) is 13.8. The van der Waals surface area contributed by atoms with Gasteiger partial charge in [-0.15, -0.1) is 0 Å². The van der Waals surface area contributed by atoms with Crippen LogP contribution in [-0.2, 0) is 44.2 Å². The Labute approximate surface area is 285 Å². The summed E-state index contributed by atoms with van der Waals surface area (Å²) in [4.78, 5) is 45.9. The maximum atomic E-state index is 16.4. The van der Waals surface area contributed by atoms with Crippen molar-refractivity contribution in [2.45, 2.75) is 69.2 Å². The second-order valence-corrected chi connectivity index (χ2v) is 18.0. The molecule has 0 bridgehead atoms. The summed E-state index contributed by atoms with van der Waals surface area (Å²) in [5.41, 5.74) is 2.51. The van der Waals surface area contributed by atoms with Gasteiger partial charge in [-0.05, 0) is 66.5 Å². The quantitative estimate of drug-likeness (QED) is 0.243. The summed E-state index contributed by atoms with van der Waals surface area (Å²) < 4.78 is 28.3. The van der Waals surface area contributed by atoms with Crippen LogP contribution in [0.5, 0.6) is 0 Å². The maximum Gasteiger partial charge on any atom is 0.414 e. The van der Waals surface area contributed by atoms with Crippen molar-refractivity contribution in [1.82, 2.24) is 4.90 Å². The molecule has 3 aromatic rings. The molecule has 9 nitrogen and oxygen atoms in total. The number of nitrogens with zero attached hydrogens (tertiary/aromatic N) is 3. The second kappa shape index (κ2) is 12.3. The molecular weight excluding hydrogens is 653 g/mol. The zero-order valence-electron chi connectivity index (χ0n) is 27.2. The van der Waals surface area contributed by atoms with E-state index in [4.69, 9.17) is 21.1 Å². The van der Waals surface area contributed by atoms with Gasteiger partial charge in [0, 0.05) is 34.3 Å². The fourth-order valence-corrected chi connectivity index (χ4v) is 11.0. The monoisotopic (exact) mass is 691 g/mol. The van der Waals surface area contributed by atoms with Crippen LogP contribution in [0.2, 0.25) is 23.7 Å². The van der Waals surface area contributed by atoms with Crippen LogP contribution < -0.4 is 9.80 Å². The molecule has 0 aliphatic carbocycles.